The molecule has 2 unspecified atom stereocenters. The van der Waals surface area contributed by atoms with E-state index in [1.807, 2.05) is 6.92 Å². The van der Waals surface area contributed by atoms with E-state index in [0.717, 1.165) is 19.3 Å². The van der Waals surface area contributed by atoms with Gasteiger partial charge >= 0.3 is 5.97 Å². The van der Waals surface area contributed by atoms with Gasteiger partial charge in [0.05, 0.1) is 12.2 Å². The lowest BCUT2D eigenvalue weighted by atomic mass is 9.76. The van der Waals surface area contributed by atoms with Crippen molar-refractivity contribution in [3.63, 3.8) is 0 Å². The van der Waals surface area contributed by atoms with Crippen molar-refractivity contribution in [1.82, 2.24) is 5.32 Å². The minimum atomic E-state index is -0.985. The van der Waals surface area contributed by atoms with Crippen molar-refractivity contribution in [3.05, 3.63) is 0 Å². The number of rotatable bonds is 5. The van der Waals surface area contributed by atoms with Crippen molar-refractivity contribution in [1.29, 1.82) is 0 Å². The molecule has 2 N–H and O–H groups in total. The van der Waals surface area contributed by atoms with Crippen LogP contribution >= 0.6 is 0 Å². The Hall–Kier alpha value is -1.10. The summed E-state index contributed by atoms with van der Waals surface area (Å²) < 4.78 is 5.63. The van der Waals surface area contributed by atoms with Crippen LogP contribution in [0.4, 0.5) is 0 Å². The Bertz CT molecular complexity index is 338. The van der Waals surface area contributed by atoms with Gasteiger partial charge in [0.25, 0.3) is 0 Å². The van der Waals surface area contributed by atoms with Gasteiger partial charge in [-0.2, -0.15) is 0 Å². The van der Waals surface area contributed by atoms with Crippen LogP contribution in [0.25, 0.3) is 0 Å². The minimum Gasteiger partial charge on any atom is -0.480 e. The van der Waals surface area contributed by atoms with E-state index in [2.05, 4.69) is 5.32 Å². The van der Waals surface area contributed by atoms with Crippen LogP contribution in [0.2, 0.25) is 0 Å². The number of carboxylic acids is 1. The molecule has 0 aromatic carbocycles. The van der Waals surface area contributed by atoms with Gasteiger partial charge in [0, 0.05) is 6.42 Å². The average molecular weight is 255 g/mol. The number of ether oxygens (including phenoxy) is 1. The minimum absolute atomic E-state index is 0.160. The van der Waals surface area contributed by atoms with E-state index in [-0.39, 0.29) is 18.1 Å². The lowest BCUT2D eigenvalue weighted by Crippen LogP contribution is -2.59. The van der Waals surface area contributed by atoms with Crippen molar-refractivity contribution in [3.8, 4) is 0 Å². The Balaban J connectivity index is 1.73. The number of nitrogens with one attached hydrogen (secondary N) is 1. The zero-order chi connectivity index (χ0) is 13.2. The molecule has 5 nitrogen and oxygen atoms in total. The van der Waals surface area contributed by atoms with Crippen molar-refractivity contribution < 1.29 is 19.4 Å². The maximum absolute atomic E-state index is 11.8. The molecule has 0 radical (unpaired) electrons. The second-order valence-corrected chi connectivity index (χ2v) is 5.47. The maximum atomic E-state index is 11.8. The van der Waals surface area contributed by atoms with Crippen LogP contribution in [-0.2, 0) is 14.3 Å². The first kappa shape index (κ1) is 13.3. The van der Waals surface area contributed by atoms with Crippen molar-refractivity contribution in [2.45, 2.75) is 69.6 Å². The summed E-state index contributed by atoms with van der Waals surface area (Å²) in [6.07, 6.45) is 5.50. The first-order valence-electron chi connectivity index (χ1n) is 6.72. The highest BCUT2D eigenvalue weighted by Crippen LogP contribution is 2.32. The number of carbonyl (C=O) groups is 2. The molecular formula is C13H21NO4. The fraction of sp³-hybridized carbons (Fsp3) is 0.846. The molecule has 102 valence electrons. The smallest absolute Gasteiger partial charge is 0.329 e. The van der Waals surface area contributed by atoms with E-state index >= 15 is 0 Å². The van der Waals surface area contributed by atoms with Crippen LogP contribution in [0.3, 0.4) is 0 Å². The predicted octanol–water partition coefficient (Wildman–Crippen LogP) is 1.46. The molecule has 0 bridgehead atoms. The molecule has 5 heteroatoms. The van der Waals surface area contributed by atoms with E-state index in [9.17, 15) is 9.59 Å². The topological polar surface area (TPSA) is 75.6 Å². The van der Waals surface area contributed by atoms with E-state index in [4.69, 9.17) is 9.84 Å². The van der Waals surface area contributed by atoms with Gasteiger partial charge in [0.2, 0.25) is 5.91 Å². The monoisotopic (exact) mass is 255 g/mol. The van der Waals surface area contributed by atoms with Gasteiger partial charge in [-0.15, -0.1) is 0 Å². The highest BCUT2D eigenvalue weighted by atomic mass is 16.5. The van der Waals surface area contributed by atoms with Crippen molar-refractivity contribution >= 4 is 11.9 Å². The molecular weight excluding hydrogens is 234 g/mol. The largest absolute Gasteiger partial charge is 0.480 e. The molecule has 18 heavy (non-hydrogen) atoms. The molecule has 1 aliphatic heterocycles. The fourth-order valence-electron chi connectivity index (χ4n) is 2.64. The van der Waals surface area contributed by atoms with Crippen LogP contribution in [-0.4, -0.2) is 34.7 Å². The molecule has 2 fully saturated rings. The fourth-order valence-corrected chi connectivity index (χ4v) is 2.64. The molecule has 1 amide bonds. The van der Waals surface area contributed by atoms with Gasteiger partial charge < -0.3 is 15.2 Å². The third kappa shape index (κ3) is 2.83. The molecule has 1 saturated heterocycles. The molecule has 0 spiro atoms. The van der Waals surface area contributed by atoms with Crippen molar-refractivity contribution in [2.24, 2.45) is 0 Å². The highest BCUT2D eigenvalue weighted by molar-refractivity contribution is 5.87. The summed E-state index contributed by atoms with van der Waals surface area (Å²) >= 11 is 0. The molecule has 2 rings (SSSR count). The molecule has 0 aromatic rings. The summed E-state index contributed by atoms with van der Waals surface area (Å²) in [6, 6.07) is 0. The first-order valence-corrected chi connectivity index (χ1v) is 6.72. The van der Waals surface area contributed by atoms with Crippen LogP contribution in [0.5, 0.6) is 0 Å². The van der Waals surface area contributed by atoms with Gasteiger partial charge in [0.15, 0.2) is 0 Å². The van der Waals surface area contributed by atoms with Gasteiger partial charge in [-0.1, -0.05) is 0 Å². The molecule has 1 heterocycles. The summed E-state index contributed by atoms with van der Waals surface area (Å²) in [5, 5.41) is 11.8. The van der Waals surface area contributed by atoms with Crippen LogP contribution < -0.4 is 5.32 Å². The number of carbonyl (C=O) groups excluding carboxylic acids is 1. The Morgan fingerprint density at radius 3 is 2.56 bits per heavy atom. The van der Waals surface area contributed by atoms with Crippen LogP contribution in [0.1, 0.15) is 51.9 Å². The molecule has 2 atom stereocenters. The normalized spacial score (nSPS) is 29.6. The lowest BCUT2D eigenvalue weighted by Gasteiger charge is -2.38. The second-order valence-electron chi connectivity index (χ2n) is 5.47. The van der Waals surface area contributed by atoms with E-state index < -0.39 is 11.5 Å². The molecule has 2 aliphatic rings. The summed E-state index contributed by atoms with van der Waals surface area (Å²) in [6.45, 7) is 2.04. The van der Waals surface area contributed by atoms with E-state index in [0.29, 0.717) is 25.7 Å². The SMILES string of the molecule is CC1CCC(CCC(=O)NC2(C(=O)O)CCC2)O1. The second kappa shape index (κ2) is 5.26. The highest BCUT2D eigenvalue weighted by Gasteiger charge is 2.45. The zero-order valence-corrected chi connectivity index (χ0v) is 10.8. The van der Waals surface area contributed by atoms with Gasteiger partial charge in [0.1, 0.15) is 5.54 Å². The number of carboxylic acid groups (broad SMARTS) is 1. The summed E-state index contributed by atoms with van der Waals surface area (Å²) in [5.74, 6) is -1.08. The maximum Gasteiger partial charge on any atom is 0.329 e. The number of hydrogen-bond donors (Lipinski definition) is 2. The molecule has 1 saturated carbocycles. The molecule has 0 aromatic heterocycles. The van der Waals surface area contributed by atoms with E-state index in [1.165, 1.54) is 0 Å². The zero-order valence-electron chi connectivity index (χ0n) is 10.8. The first-order chi connectivity index (χ1) is 8.52. The standard InChI is InChI=1S/C13H21NO4/c1-9-3-4-10(18-9)5-6-11(15)14-13(12(16)17)7-2-8-13/h9-10H,2-8H2,1H3,(H,14,15)(H,16,17). The Labute approximate surface area is 107 Å². The lowest BCUT2D eigenvalue weighted by molar-refractivity contribution is -0.151. The van der Waals surface area contributed by atoms with Gasteiger partial charge in [-0.3, -0.25) is 4.79 Å². The summed E-state index contributed by atoms with van der Waals surface area (Å²) in [7, 11) is 0. The third-order valence-corrected chi connectivity index (χ3v) is 4.01. The quantitative estimate of drug-likeness (QED) is 0.779. The summed E-state index contributed by atoms with van der Waals surface area (Å²) in [5.41, 5.74) is -0.985. The molecule has 1 aliphatic carbocycles. The Morgan fingerprint density at radius 1 is 1.39 bits per heavy atom. The summed E-state index contributed by atoms with van der Waals surface area (Å²) in [4.78, 5) is 22.9. The van der Waals surface area contributed by atoms with E-state index in [1.54, 1.807) is 0 Å². The Morgan fingerprint density at radius 2 is 2.11 bits per heavy atom. The van der Waals surface area contributed by atoms with Crippen molar-refractivity contribution in [2.75, 3.05) is 0 Å². The van der Waals surface area contributed by atoms with Crippen LogP contribution in [0.15, 0.2) is 0 Å². The van der Waals surface area contributed by atoms with Gasteiger partial charge in [-0.05, 0) is 45.4 Å². The number of hydrogen-bond acceptors (Lipinski definition) is 3. The average Bonchev–Trinajstić information content (AvgIpc) is 2.66. The third-order valence-electron chi connectivity index (χ3n) is 4.01. The van der Waals surface area contributed by atoms with Crippen LogP contribution in [0, 0.1) is 0 Å². The number of aliphatic carboxylic acids is 1. The predicted molar refractivity (Wildman–Crippen MR) is 65.2 cm³/mol. The van der Waals surface area contributed by atoms with Gasteiger partial charge in [-0.25, -0.2) is 4.79 Å². The Kier molecular flexibility index (Phi) is 3.90. The number of amides is 1.